The summed E-state index contributed by atoms with van der Waals surface area (Å²) in [5.74, 6) is -2.35. The van der Waals surface area contributed by atoms with Crippen molar-refractivity contribution in [2.75, 3.05) is 7.11 Å². The van der Waals surface area contributed by atoms with E-state index in [9.17, 15) is 27.9 Å². The number of hydrogen-bond acceptors (Lipinski definition) is 4. The first-order valence-corrected chi connectivity index (χ1v) is 12.5. The topological polar surface area (TPSA) is 77.8 Å². The molecule has 9 heteroatoms. The number of methoxy groups -OCH3 is 1. The summed E-state index contributed by atoms with van der Waals surface area (Å²) in [4.78, 5) is 25.0. The van der Waals surface area contributed by atoms with Crippen LogP contribution in [0.25, 0.3) is 22.2 Å². The van der Waals surface area contributed by atoms with Crippen LogP contribution >= 0.6 is 0 Å². The van der Waals surface area contributed by atoms with Crippen LogP contribution in [0.1, 0.15) is 71.8 Å². The third-order valence-corrected chi connectivity index (χ3v) is 8.38. The molecule has 2 saturated carbocycles. The summed E-state index contributed by atoms with van der Waals surface area (Å²) in [5, 5.41) is 11.2. The predicted molar refractivity (Wildman–Crippen MR) is 129 cm³/mol. The Bertz CT molecular complexity index is 1440. The van der Waals surface area contributed by atoms with Crippen LogP contribution in [0.4, 0.5) is 13.2 Å². The summed E-state index contributed by atoms with van der Waals surface area (Å²) in [6.45, 7) is 0.0936. The van der Waals surface area contributed by atoms with Crippen LogP contribution < -0.4 is 4.74 Å². The summed E-state index contributed by atoms with van der Waals surface area (Å²) >= 11 is 0. The summed E-state index contributed by atoms with van der Waals surface area (Å²) < 4.78 is 51.5. The van der Waals surface area contributed by atoms with E-state index in [-0.39, 0.29) is 24.6 Å². The van der Waals surface area contributed by atoms with Crippen molar-refractivity contribution in [1.82, 2.24) is 4.57 Å². The summed E-state index contributed by atoms with van der Waals surface area (Å²) in [7, 11) is 1.30. The van der Waals surface area contributed by atoms with Crippen LogP contribution in [0, 0.1) is 5.41 Å². The molecule has 37 heavy (non-hydrogen) atoms. The highest BCUT2D eigenvalue weighted by Gasteiger charge is 2.64. The zero-order valence-corrected chi connectivity index (χ0v) is 20.2. The smallest absolute Gasteiger partial charge is 0.481 e. The Labute approximate surface area is 211 Å². The number of esters is 1. The van der Waals surface area contributed by atoms with Crippen molar-refractivity contribution in [3.05, 3.63) is 53.1 Å². The molecule has 3 aromatic rings. The van der Waals surface area contributed by atoms with Gasteiger partial charge in [-0.2, -0.15) is 0 Å². The molecule has 1 aromatic heterocycles. The molecule has 2 heterocycles. The fourth-order valence-electron chi connectivity index (χ4n) is 6.65. The number of benzene rings is 2. The summed E-state index contributed by atoms with van der Waals surface area (Å²) in [6, 6.07) is 9.84. The molecule has 2 aromatic carbocycles. The van der Waals surface area contributed by atoms with Gasteiger partial charge in [-0.1, -0.05) is 37.5 Å². The van der Waals surface area contributed by atoms with E-state index in [0.29, 0.717) is 22.2 Å². The zero-order chi connectivity index (χ0) is 26.1. The van der Waals surface area contributed by atoms with Gasteiger partial charge in [0.1, 0.15) is 5.75 Å². The van der Waals surface area contributed by atoms with Crippen molar-refractivity contribution in [3.8, 4) is 17.0 Å². The summed E-state index contributed by atoms with van der Waals surface area (Å²) in [5.41, 5.74) is 2.39. The average Bonchev–Trinajstić information content (AvgIpc) is 3.53. The Kier molecular flexibility index (Phi) is 5.33. The molecule has 1 N–H and O–H groups in total. The molecule has 0 saturated heterocycles. The highest BCUT2D eigenvalue weighted by Crippen LogP contribution is 2.67. The number of carbonyl (C=O) groups excluding carboxylic acids is 1. The van der Waals surface area contributed by atoms with Crippen molar-refractivity contribution >= 4 is 22.8 Å². The number of carboxylic acids is 1. The van der Waals surface area contributed by atoms with Crippen molar-refractivity contribution in [3.63, 3.8) is 0 Å². The van der Waals surface area contributed by atoms with Gasteiger partial charge >= 0.3 is 18.3 Å². The summed E-state index contributed by atoms with van der Waals surface area (Å²) in [6.07, 6.45) is 0.393. The Morgan fingerprint density at radius 3 is 2.51 bits per heavy atom. The molecule has 2 aliphatic carbocycles. The maximum absolute atomic E-state index is 13.4. The molecule has 0 radical (unpaired) electrons. The predicted octanol–water partition coefficient (Wildman–Crippen LogP) is 6.61. The first-order valence-electron chi connectivity index (χ1n) is 12.5. The van der Waals surface area contributed by atoms with E-state index in [1.54, 1.807) is 18.2 Å². The van der Waals surface area contributed by atoms with E-state index in [1.807, 2.05) is 10.6 Å². The lowest BCUT2D eigenvalue weighted by Gasteiger charge is -2.24. The monoisotopic (exact) mass is 513 g/mol. The number of ether oxygens (including phenoxy) is 2. The molecule has 0 bridgehead atoms. The minimum absolute atomic E-state index is 0.0936. The third-order valence-electron chi connectivity index (χ3n) is 8.38. The Morgan fingerprint density at radius 2 is 1.84 bits per heavy atom. The van der Waals surface area contributed by atoms with Gasteiger partial charge in [0, 0.05) is 34.5 Å². The van der Waals surface area contributed by atoms with Gasteiger partial charge in [-0.05, 0) is 48.9 Å². The number of halogens is 3. The second-order valence-electron chi connectivity index (χ2n) is 10.4. The van der Waals surface area contributed by atoms with E-state index in [4.69, 9.17) is 4.74 Å². The van der Waals surface area contributed by atoms with Crippen molar-refractivity contribution in [2.24, 2.45) is 5.41 Å². The molecule has 3 aliphatic rings. The van der Waals surface area contributed by atoms with E-state index in [1.165, 1.54) is 19.2 Å². The maximum atomic E-state index is 13.4. The quantitative estimate of drug-likeness (QED) is 0.397. The van der Waals surface area contributed by atoms with Crippen LogP contribution in [-0.2, 0) is 16.1 Å². The van der Waals surface area contributed by atoms with Crippen molar-refractivity contribution < 1.29 is 37.3 Å². The van der Waals surface area contributed by atoms with Crippen molar-refractivity contribution in [2.45, 2.75) is 63.3 Å². The third kappa shape index (κ3) is 3.69. The van der Waals surface area contributed by atoms with Crippen LogP contribution in [0.15, 0.2) is 36.4 Å². The molecule has 1 aliphatic heterocycles. The number of fused-ring (bicyclic) bond motifs is 7. The molecule has 0 spiro atoms. The van der Waals surface area contributed by atoms with Gasteiger partial charge in [0.05, 0.1) is 23.8 Å². The van der Waals surface area contributed by atoms with Crippen LogP contribution in [-0.4, -0.2) is 35.1 Å². The van der Waals surface area contributed by atoms with Gasteiger partial charge in [0.2, 0.25) is 0 Å². The molecule has 0 amide bonds. The minimum atomic E-state index is -4.91. The number of alkyl halides is 3. The molecule has 2 atom stereocenters. The molecule has 194 valence electrons. The largest absolute Gasteiger partial charge is 0.573 e. The van der Waals surface area contributed by atoms with Gasteiger partial charge in [0.15, 0.2) is 0 Å². The van der Waals surface area contributed by atoms with Crippen LogP contribution in [0.3, 0.4) is 0 Å². The fraction of sp³-hybridized carbons (Fsp3) is 0.429. The Hall–Kier alpha value is -3.49. The van der Waals surface area contributed by atoms with E-state index in [2.05, 4.69) is 4.74 Å². The average molecular weight is 514 g/mol. The Balaban J connectivity index is 1.69. The van der Waals surface area contributed by atoms with E-state index >= 15 is 0 Å². The van der Waals surface area contributed by atoms with Crippen LogP contribution in [0.5, 0.6) is 5.75 Å². The number of carbonyl (C=O) groups is 2. The van der Waals surface area contributed by atoms with E-state index in [0.717, 1.165) is 48.7 Å². The lowest BCUT2D eigenvalue weighted by Crippen LogP contribution is -2.23. The number of nitrogens with zero attached hydrogens (tertiary/aromatic N) is 1. The standard InChI is InChI=1S/C28H26F3NO5/c1-36-25(33)16-10-11-17-20(12-16)32-14-27(26(34)35)13-19(27)23-18(8-5-9-21(23)37-28(29,30)31)24(32)22(17)15-6-3-2-4-7-15/h5,8-12,15,19H,2-4,6-7,13-14H2,1H3,(H,34,35). The fourth-order valence-corrected chi connectivity index (χ4v) is 6.65. The normalized spacial score (nSPS) is 23.0. The first-order chi connectivity index (χ1) is 17.6. The molecule has 2 unspecified atom stereocenters. The Morgan fingerprint density at radius 1 is 1.08 bits per heavy atom. The SMILES string of the molecule is COC(=O)c1ccc2c(C3CCCCC3)c3n(c2c1)CC1(C(=O)O)CC1c1c(OC(F)(F)F)cccc1-3. The molecular formula is C28H26F3NO5. The second kappa shape index (κ2) is 8.26. The van der Waals surface area contributed by atoms with Crippen molar-refractivity contribution in [1.29, 1.82) is 0 Å². The second-order valence-corrected chi connectivity index (χ2v) is 10.4. The number of rotatable bonds is 4. The van der Waals surface area contributed by atoms with Gasteiger partial charge in [-0.3, -0.25) is 4.79 Å². The lowest BCUT2D eigenvalue weighted by atomic mass is 9.81. The zero-order valence-electron chi connectivity index (χ0n) is 20.2. The number of aliphatic carboxylic acids is 1. The molecular weight excluding hydrogens is 487 g/mol. The highest BCUT2D eigenvalue weighted by atomic mass is 19.4. The molecule has 2 fully saturated rings. The van der Waals surface area contributed by atoms with Gasteiger partial charge in [-0.15, -0.1) is 13.2 Å². The molecule has 6 nitrogen and oxygen atoms in total. The first kappa shape index (κ1) is 23.9. The van der Waals surface area contributed by atoms with Crippen LogP contribution in [0.2, 0.25) is 0 Å². The van der Waals surface area contributed by atoms with E-state index < -0.39 is 29.6 Å². The highest BCUT2D eigenvalue weighted by molar-refractivity contribution is 6.00. The molecule has 6 rings (SSSR count). The van der Waals surface area contributed by atoms with Gasteiger partial charge in [-0.25, -0.2) is 4.79 Å². The number of aromatic nitrogens is 1. The van der Waals surface area contributed by atoms with Gasteiger partial charge < -0.3 is 19.1 Å². The maximum Gasteiger partial charge on any atom is 0.573 e. The minimum Gasteiger partial charge on any atom is -0.481 e. The number of hydrogen-bond donors (Lipinski definition) is 1. The lowest BCUT2D eigenvalue weighted by molar-refractivity contribution is -0.274. The number of carboxylic acid groups (broad SMARTS) is 1. The van der Waals surface area contributed by atoms with Gasteiger partial charge in [0.25, 0.3) is 0 Å².